The number of ether oxygens (including phenoxy) is 1. The molecule has 6 heteroatoms. The Hall–Kier alpha value is -2.50. The fourth-order valence-electron chi connectivity index (χ4n) is 1.08. The van der Waals surface area contributed by atoms with E-state index in [1.165, 1.54) is 18.2 Å². The number of phenols is 1. The second-order valence-electron chi connectivity index (χ2n) is 3.05. The summed E-state index contributed by atoms with van der Waals surface area (Å²) in [6.07, 6.45) is 0.692. The van der Waals surface area contributed by atoms with Crippen molar-refractivity contribution in [1.82, 2.24) is 0 Å². The van der Waals surface area contributed by atoms with Crippen molar-refractivity contribution in [3.63, 3.8) is 0 Å². The van der Waals surface area contributed by atoms with Crippen LogP contribution in [0.25, 0.3) is 0 Å². The molecule has 0 saturated carbocycles. The minimum Gasteiger partial charge on any atom is -0.507 e. The van der Waals surface area contributed by atoms with Crippen LogP contribution < -0.4 is 5.32 Å². The SMILES string of the molecule is C=CCOC(=O)Nc1ccc(C(=O)O)c(O)c1. The van der Waals surface area contributed by atoms with Gasteiger partial charge in [-0.15, -0.1) is 0 Å². The molecule has 0 aliphatic carbocycles. The van der Waals surface area contributed by atoms with Crippen LogP contribution in [0.4, 0.5) is 10.5 Å². The first-order valence-electron chi connectivity index (χ1n) is 4.65. The summed E-state index contributed by atoms with van der Waals surface area (Å²) in [5.74, 6) is -1.68. The molecule has 0 heterocycles. The number of carboxylic acids is 1. The first-order chi connectivity index (χ1) is 8.04. The molecule has 6 nitrogen and oxygen atoms in total. The number of hydrogen-bond donors (Lipinski definition) is 3. The number of nitrogens with one attached hydrogen (secondary N) is 1. The first-order valence-corrected chi connectivity index (χ1v) is 4.65. The van der Waals surface area contributed by atoms with Gasteiger partial charge in [0.1, 0.15) is 17.9 Å². The Morgan fingerprint density at radius 3 is 2.71 bits per heavy atom. The number of amides is 1. The van der Waals surface area contributed by atoms with Crippen LogP contribution >= 0.6 is 0 Å². The van der Waals surface area contributed by atoms with Gasteiger partial charge in [0.05, 0.1) is 0 Å². The molecule has 0 aliphatic heterocycles. The lowest BCUT2D eigenvalue weighted by Crippen LogP contribution is -2.13. The van der Waals surface area contributed by atoms with Crippen molar-refractivity contribution in [1.29, 1.82) is 0 Å². The van der Waals surface area contributed by atoms with Crippen LogP contribution in [0.3, 0.4) is 0 Å². The molecule has 1 aromatic carbocycles. The zero-order valence-electron chi connectivity index (χ0n) is 8.84. The highest BCUT2D eigenvalue weighted by atomic mass is 16.5. The zero-order chi connectivity index (χ0) is 12.8. The molecule has 0 saturated heterocycles. The van der Waals surface area contributed by atoms with Crippen molar-refractivity contribution in [2.45, 2.75) is 0 Å². The molecule has 0 aromatic heterocycles. The summed E-state index contributed by atoms with van der Waals surface area (Å²) in [6, 6.07) is 3.65. The number of carbonyl (C=O) groups is 2. The van der Waals surface area contributed by atoms with Crippen LogP contribution in [-0.4, -0.2) is 28.9 Å². The highest BCUT2D eigenvalue weighted by molar-refractivity contribution is 5.92. The molecule has 0 bridgehead atoms. The van der Waals surface area contributed by atoms with Gasteiger partial charge in [-0.3, -0.25) is 5.32 Å². The summed E-state index contributed by atoms with van der Waals surface area (Å²) in [5.41, 5.74) is -0.00317. The molecule has 0 aliphatic rings. The van der Waals surface area contributed by atoms with E-state index in [4.69, 9.17) is 5.11 Å². The topological polar surface area (TPSA) is 95.9 Å². The van der Waals surface area contributed by atoms with E-state index in [1.807, 2.05) is 0 Å². The summed E-state index contributed by atoms with van der Waals surface area (Å²) < 4.78 is 4.65. The van der Waals surface area contributed by atoms with Gasteiger partial charge in [-0.05, 0) is 12.1 Å². The molecule has 0 radical (unpaired) electrons. The highest BCUT2D eigenvalue weighted by Gasteiger charge is 2.10. The van der Waals surface area contributed by atoms with Crippen LogP contribution in [0, 0.1) is 0 Å². The molecule has 17 heavy (non-hydrogen) atoms. The third-order valence-corrected chi connectivity index (χ3v) is 1.81. The van der Waals surface area contributed by atoms with Crippen molar-refractivity contribution < 1.29 is 24.5 Å². The van der Waals surface area contributed by atoms with Gasteiger partial charge in [-0.2, -0.15) is 0 Å². The fraction of sp³-hybridized carbons (Fsp3) is 0.0909. The molecule has 1 rings (SSSR count). The number of anilines is 1. The lowest BCUT2D eigenvalue weighted by atomic mass is 10.2. The van der Waals surface area contributed by atoms with Gasteiger partial charge in [-0.1, -0.05) is 12.7 Å². The quantitative estimate of drug-likeness (QED) is 0.694. The van der Waals surface area contributed by atoms with Crippen LogP contribution in [0.2, 0.25) is 0 Å². The number of hydrogen-bond acceptors (Lipinski definition) is 4. The van der Waals surface area contributed by atoms with Gasteiger partial charge in [0.2, 0.25) is 0 Å². The summed E-state index contributed by atoms with van der Waals surface area (Å²) in [4.78, 5) is 21.7. The van der Waals surface area contributed by atoms with Gasteiger partial charge in [0, 0.05) is 11.8 Å². The number of rotatable bonds is 4. The Bertz CT molecular complexity index is 455. The predicted octanol–water partition coefficient (Wildman–Crippen LogP) is 1.82. The molecule has 0 fully saturated rings. The number of benzene rings is 1. The maximum absolute atomic E-state index is 11.1. The number of aromatic carboxylic acids is 1. The van der Waals surface area contributed by atoms with E-state index in [-0.39, 0.29) is 17.9 Å². The lowest BCUT2D eigenvalue weighted by molar-refractivity contribution is 0.0693. The summed E-state index contributed by atoms with van der Waals surface area (Å²) in [5, 5.41) is 20.4. The number of carbonyl (C=O) groups excluding carboxylic acids is 1. The van der Waals surface area contributed by atoms with Crippen molar-refractivity contribution in [3.8, 4) is 5.75 Å². The Morgan fingerprint density at radius 1 is 1.47 bits per heavy atom. The van der Waals surface area contributed by atoms with E-state index in [2.05, 4.69) is 16.6 Å². The van der Waals surface area contributed by atoms with Crippen molar-refractivity contribution in [3.05, 3.63) is 36.4 Å². The number of aromatic hydroxyl groups is 1. The molecular formula is C11H11NO5. The average Bonchev–Trinajstić information content (AvgIpc) is 2.26. The molecule has 1 aromatic rings. The Morgan fingerprint density at radius 2 is 2.18 bits per heavy atom. The van der Waals surface area contributed by atoms with E-state index in [0.29, 0.717) is 0 Å². The van der Waals surface area contributed by atoms with Crippen molar-refractivity contribution in [2.24, 2.45) is 0 Å². The molecule has 0 spiro atoms. The van der Waals surface area contributed by atoms with Crippen LogP contribution in [0.1, 0.15) is 10.4 Å². The van der Waals surface area contributed by atoms with Gasteiger partial charge < -0.3 is 14.9 Å². The smallest absolute Gasteiger partial charge is 0.411 e. The lowest BCUT2D eigenvalue weighted by Gasteiger charge is -2.06. The Kier molecular flexibility index (Phi) is 4.10. The molecule has 1 amide bonds. The maximum atomic E-state index is 11.1. The van der Waals surface area contributed by atoms with Crippen molar-refractivity contribution in [2.75, 3.05) is 11.9 Å². The second kappa shape index (κ2) is 5.55. The monoisotopic (exact) mass is 237 g/mol. The highest BCUT2D eigenvalue weighted by Crippen LogP contribution is 2.21. The molecular weight excluding hydrogens is 226 g/mol. The van der Waals surface area contributed by atoms with E-state index in [0.717, 1.165) is 6.07 Å². The minimum atomic E-state index is -1.25. The number of carboxylic acid groups (broad SMARTS) is 1. The normalized spacial score (nSPS) is 9.41. The van der Waals surface area contributed by atoms with Gasteiger partial charge >= 0.3 is 12.1 Å². The zero-order valence-corrected chi connectivity index (χ0v) is 8.84. The maximum Gasteiger partial charge on any atom is 0.411 e. The standard InChI is InChI=1S/C11H11NO5/c1-2-5-17-11(16)12-7-3-4-8(10(14)15)9(13)6-7/h2-4,6,13H,1,5H2,(H,12,16)(H,14,15). The van der Waals surface area contributed by atoms with Crippen LogP contribution in [0.5, 0.6) is 5.75 Å². The average molecular weight is 237 g/mol. The van der Waals surface area contributed by atoms with Crippen LogP contribution in [0.15, 0.2) is 30.9 Å². The predicted molar refractivity (Wildman–Crippen MR) is 60.2 cm³/mol. The van der Waals surface area contributed by atoms with E-state index < -0.39 is 17.8 Å². The second-order valence-corrected chi connectivity index (χ2v) is 3.05. The first kappa shape index (κ1) is 12.6. The summed E-state index contributed by atoms with van der Waals surface area (Å²) in [7, 11) is 0. The van der Waals surface area contributed by atoms with Crippen LogP contribution in [-0.2, 0) is 4.74 Å². The van der Waals surface area contributed by atoms with Gasteiger partial charge in [0.25, 0.3) is 0 Å². The molecule has 0 atom stereocenters. The third-order valence-electron chi connectivity index (χ3n) is 1.81. The minimum absolute atomic E-state index is 0.0605. The largest absolute Gasteiger partial charge is 0.507 e. The Labute approximate surface area is 97.1 Å². The van der Waals surface area contributed by atoms with Gasteiger partial charge in [0.15, 0.2) is 0 Å². The summed E-state index contributed by atoms with van der Waals surface area (Å²) >= 11 is 0. The van der Waals surface area contributed by atoms with E-state index in [1.54, 1.807) is 0 Å². The Balaban J connectivity index is 2.74. The molecule has 90 valence electrons. The summed E-state index contributed by atoms with van der Waals surface area (Å²) in [6.45, 7) is 3.44. The molecule has 3 N–H and O–H groups in total. The third kappa shape index (κ3) is 3.53. The van der Waals surface area contributed by atoms with Crippen molar-refractivity contribution >= 4 is 17.7 Å². The van der Waals surface area contributed by atoms with E-state index >= 15 is 0 Å². The van der Waals surface area contributed by atoms with Gasteiger partial charge in [-0.25, -0.2) is 9.59 Å². The molecule has 0 unspecified atom stereocenters. The fourth-order valence-corrected chi connectivity index (χ4v) is 1.08. The van der Waals surface area contributed by atoms with E-state index in [9.17, 15) is 14.7 Å².